The monoisotopic (exact) mass is 451 g/mol. The Morgan fingerprint density at radius 3 is 1.82 bits per heavy atom. The van der Waals surface area contributed by atoms with Gasteiger partial charge >= 0.3 is 11.9 Å². The summed E-state index contributed by atoms with van der Waals surface area (Å²) < 4.78 is 15.2. The van der Waals surface area contributed by atoms with E-state index in [4.69, 9.17) is 14.2 Å². The Kier molecular flexibility index (Phi) is 6.91. The topological polar surface area (TPSA) is 117 Å². The van der Waals surface area contributed by atoms with Crippen LogP contribution in [0.4, 0.5) is 5.69 Å². The first kappa shape index (κ1) is 23.6. The normalized spacial score (nSPS) is 10.8. The largest absolute Gasteiger partial charge is 0.473 e. The molecular formula is C24H25N3O6. The van der Waals surface area contributed by atoms with Crippen molar-refractivity contribution in [2.45, 2.75) is 33.8 Å². The van der Waals surface area contributed by atoms with E-state index in [1.807, 2.05) is 39.8 Å². The summed E-state index contributed by atoms with van der Waals surface area (Å²) in [6, 6.07) is 7.83. The number of rotatable bonds is 6. The SMILES string of the molecule is COC(=O)c1cc(NC(=O)c2nc3cc(C)c(C)cc3nc2OC(C)C)cc(C(=O)OC)c1. The maximum atomic E-state index is 13.2. The Balaban J connectivity index is 2.07. The number of carbonyl (C=O) groups is 3. The highest BCUT2D eigenvalue weighted by Crippen LogP contribution is 2.25. The van der Waals surface area contributed by atoms with Gasteiger partial charge in [-0.1, -0.05) is 0 Å². The Labute approximate surface area is 191 Å². The van der Waals surface area contributed by atoms with E-state index in [1.165, 1.54) is 32.4 Å². The van der Waals surface area contributed by atoms with Gasteiger partial charge in [-0.15, -0.1) is 0 Å². The second-order valence-corrected chi connectivity index (χ2v) is 7.71. The molecule has 0 aliphatic carbocycles. The molecule has 0 saturated carbocycles. The number of hydrogen-bond acceptors (Lipinski definition) is 8. The van der Waals surface area contributed by atoms with Crippen LogP contribution in [0, 0.1) is 13.8 Å². The zero-order chi connectivity index (χ0) is 24.3. The molecule has 9 nitrogen and oxygen atoms in total. The lowest BCUT2D eigenvalue weighted by Crippen LogP contribution is -2.19. The number of ether oxygens (including phenoxy) is 3. The average molecular weight is 451 g/mol. The molecule has 0 fully saturated rings. The zero-order valence-corrected chi connectivity index (χ0v) is 19.3. The summed E-state index contributed by atoms with van der Waals surface area (Å²) in [5.41, 5.74) is 3.50. The molecule has 1 aromatic heterocycles. The van der Waals surface area contributed by atoms with Crippen LogP contribution in [0.2, 0.25) is 0 Å². The van der Waals surface area contributed by atoms with Crippen molar-refractivity contribution < 1.29 is 28.6 Å². The highest BCUT2D eigenvalue weighted by molar-refractivity contribution is 6.07. The van der Waals surface area contributed by atoms with Gasteiger partial charge < -0.3 is 19.5 Å². The van der Waals surface area contributed by atoms with Gasteiger partial charge in [0.25, 0.3) is 5.91 Å². The summed E-state index contributed by atoms with van der Waals surface area (Å²) in [4.78, 5) is 46.3. The summed E-state index contributed by atoms with van der Waals surface area (Å²) >= 11 is 0. The summed E-state index contributed by atoms with van der Waals surface area (Å²) in [5, 5.41) is 2.66. The van der Waals surface area contributed by atoms with Gasteiger partial charge in [-0.3, -0.25) is 4.79 Å². The van der Waals surface area contributed by atoms with E-state index in [-0.39, 0.29) is 34.5 Å². The van der Waals surface area contributed by atoms with Crippen molar-refractivity contribution in [3.8, 4) is 5.88 Å². The number of methoxy groups -OCH3 is 2. The van der Waals surface area contributed by atoms with Gasteiger partial charge in [0.2, 0.25) is 5.88 Å². The third kappa shape index (κ3) is 5.25. The molecule has 0 aliphatic rings. The van der Waals surface area contributed by atoms with Gasteiger partial charge in [-0.25, -0.2) is 19.6 Å². The molecule has 0 aliphatic heterocycles. The Bertz CT molecular complexity index is 1220. The number of fused-ring (bicyclic) bond motifs is 1. The molecular weight excluding hydrogens is 426 g/mol. The van der Waals surface area contributed by atoms with Gasteiger partial charge in [0, 0.05) is 5.69 Å². The lowest BCUT2D eigenvalue weighted by molar-refractivity contribution is 0.0598. The van der Waals surface area contributed by atoms with Crippen molar-refractivity contribution in [3.63, 3.8) is 0 Å². The van der Waals surface area contributed by atoms with Gasteiger partial charge in [-0.05, 0) is 69.2 Å². The van der Waals surface area contributed by atoms with Crippen LogP contribution in [0.3, 0.4) is 0 Å². The number of anilines is 1. The summed E-state index contributed by atoms with van der Waals surface area (Å²) in [6.45, 7) is 7.54. The van der Waals surface area contributed by atoms with E-state index in [9.17, 15) is 14.4 Å². The number of nitrogens with one attached hydrogen (secondary N) is 1. The van der Waals surface area contributed by atoms with Crippen LogP contribution >= 0.6 is 0 Å². The first-order valence-electron chi connectivity index (χ1n) is 10.2. The van der Waals surface area contributed by atoms with Crippen molar-refractivity contribution in [3.05, 3.63) is 58.3 Å². The van der Waals surface area contributed by atoms with Crippen LogP contribution in [-0.2, 0) is 9.47 Å². The molecule has 1 N–H and O–H groups in total. The minimum absolute atomic E-state index is 0.0254. The second-order valence-electron chi connectivity index (χ2n) is 7.71. The van der Waals surface area contributed by atoms with Gasteiger partial charge in [-0.2, -0.15) is 0 Å². The van der Waals surface area contributed by atoms with Gasteiger partial charge in [0.1, 0.15) is 0 Å². The molecule has 3 aromatic rings. The standard InChI is InChI=1S/C24H25N3O6/c1-12(2)33-22-20(26-18-7-13(3)14(4)8-19(18)27-22)21(28)25-17-10-15(23(29)31-5)9-16(11-17)24(30)32-6/h7-12H,1-6H3,(H,25,28). The Morgan fingerprint density at radius 2 is 1.33 bits per heavy atom. The molecule has 9 heteroatoms. The van der Waals surface area contributed by atoms with E-state index < -0.39 is 17.8 Å². The number of benzene rings is 2. The van der Waals surface area contributed by atoms with Crippen LogP contribution in [0.25, 0.3) is 11.0 Å². The predicted molar refractivity (Wildman–Crippen MR) is 122 cm³/mol. The number of nitrogens with zero attached hydrogens (tertiary/aromatic N) is 2. The third-order valence-corrected chi connectivity index (χ3v) is 4.84. The number of esters is 2. The number of amides is 1. The van der Waals surface area contributed by atoms with Crippen LogP contribution in [0.5, 0.6) is 5.88 Å². The van der Waals surface area contributed by atoms with E-state index in [0.717, 1.165) is 11.1 Å². The molecule has 33 heavy (non-hydrogen) atoms. The van der Waals surface area contributed by atoms with E-state index in [0.29, 0.717) is 11.0 Å². The first-order valence-corrected chi connectivity index (χ1v) is 10.2. The van der Waals surface area contributed by atoms with Crippen molar-refractivity contribution in [1.82, 2.24) is 9.97 Å². The van der Waals surface area contributed by atoms with Crippen LogP contribution in [-0.4, -0.2) is 48.1 Å². The summed E-state index contributed by atoms with van der Waals surface area (Å²) in [5.74, 6) is -1.88. The van der Waals surface area contributed by atoms with Crippen molar-refractivity contribution >= 4 is 34.6 Å². The fourth-order valence-corrected chi connectivity index (χ4v) is 3.11. The average Bonchev–Trinajstić information content (AvgIpc) is 2.77. The first-order chi connectivity index (χ1) is 15.6. The highest BCUT2D eigenvalue weighted by Gasteiger charge is 2.21. The second kappa shape index (κ2) is 9.64. The van der Waals surface area contributed by atoms with Crippen molar-refractivity contribution in [1.29, 1.82) is 0 Å². The van der Waals surface area contributed by atoms with Crippen LogP contribution in [0.15, 0.2) is 30.3 Å². The number of hydrogen-bond donors (Lipinski definition) is 1. The molecule has 1 heterocycles. The van der Waals surface area contributed by atoms with Gasteiger partial charge in [0.05, 0.1) is 42.5 Å². The maximum absolute atomic E-state index is 13.2. The fraction of sp³-hybridized carbons (Fsp3) is 0.292. The Morgan fingerprint density at radius 1 is 0.818 bits per heavy atom. The molecule has 1 amide bonds. The smallest absolute Gasteiger partial charge is 0.337 e. The number of carbonyl (C=O) groups excluding carboxylic acids is 3. The lowest BCUT2D eigenvalue weighted by Gasteiger charge is -2.15. The fourth-order valence-electron chi connectivity index (χ4n) is 3.11. The van der Waals surface area contributed by atoms with Crippen molar-refractivity contribution in [2.24, 2.45) is 0 Å². The Hall–Kier alpha value is -4.01. The minimum Gasteiger partial charge on any atom is -0.473 e. The summed E-state index contributed by atoms with van der Waals surface area (Å²) in [7, 11) is 2.44. The lowest BCUT2D eigenvalue weighted by atomic mass is 10.1. The molecule has 0 bridgehead atoms. The molecule has 0 atom stereocenters. The van der Waals surface area contributed by atoms with E-state index in [2.05, 4.69) is 15.3 Å². The quantitative estimate of drug-likeness (QED) is 0.562. The molecule has 0 spiro atoms. The number of aromatic nitrogens is 2. The maximum Gasteiger partial charge on any atom is 0.337 e. The molecule has 0 saturated heterocycles. The van der Waals surface area contributed by atoms with E-state index >= 15 is 0 Å². The zero-order valence-electron chi connectivity index (χ0n) is 19.3. The van der Waals surface area contributed by atoms with Crippen LogP contribution < -0.4 is 10.1 Å². The van der Waals surface area contributed by atoms with E-state index in [1.54, 1.807) is 0 Å². The predicted octanol–water partition coefficient (Wildman–Crippen LogP) is 3.86. The molecule has 3 rings (SSSR count). The third-order valence-electron chi connectivity index (χ3n) is 4.84. The molecule has 172 valence electrons. The minimum atomic E-state index is -0.670. The highest BCUT2D eigenvalue weighted by atomic mass is 16.5. The molecule has 0 radical (unpaired) electrons. The molecule has 0 unspecified atom stereocenters. The van der Waals surface area contributed by atoms with Gasteiger partial charge in [0.15, 0.2) is 5.69 Å². The summed E-state index contributed by atoms with van der Waals surface area (Å²) in [6.07, 6.45) is -0.247. The molecule has 2 aromatic carbocycles. The number of aryl methyl sites for hydroxylation is 2. The van der Waals surface area contributed by atoms with Crippen LogP contribution in [0.1, 0.15) is 56.2 Å². The van der Waals surface area contributed by atoms with Crippen molar-refractivity contribution in [2.75, 3.05) is 19.5 Å².